The Morgan fingerprint density at radius 2 is 1.89 bits per heavy atom. The largest absolute Gasteiger partial charge is 0.394 e. The summed E-state index contributed by atoms with van der Waals surface area (Å²) in [4.78, 5) is 2.49. The van der Waals surface area contributed by atoms with Crippen LogP contribution in [0.3, 0.4) is 0 Å². The fraction of sp³-hybridized carbons (Fsp3) is 0.625. The number of likely N-dealkylation sites (N-methyl/N-ethyl adjacent to an activating group) is 1. The average Bonchev–Trinajstić information content (AvgIpc) is 2.81. The molecule has 0 spiro atoms. The van der Waals surface area contributed by atoms with Gasteiger partial charge in [-0.1, -0.05) is 31.2 Å². The van der Waals surface area contributed by atoms with Gasteiger partial charge in [0.1, 0.15) is 0 Å². The van der Waals surface area contributed by atoms with E-state index in [4.69, 9.17) is 0 Å². The van der Waals surface area contributed by atoms with Crippen LogP contribution >= 0.6 is 0 Å². The van der Waals surface area contributed by atoms with Crippen molar-refractivity contribution in [1.82, 2.24) is 10.2 Å². The maximum absolute atomic E-state index is 9.47. The van der Waals surface area contributed by atoms with Crippen molar-refractivity contribution >= 4 is 0 Å². The van der Waals surface area contributed by atoms with Crippen LogP contribution in [0.2, 0.25) is 0 Å². The first-order valence-corrected chi connectivity index (χ1v) is 7.32. The SMILES string of the molecule is CCNC(C)(CO)CCCN1Cc2ccccc2C1. The van der Waals surface area contributed by atoms with Gasteiger partial charge in [0, 0.05) is 18.6 Å². The van der Waals surface area contributed by atoms with Crippen LogP contribution in [0.5, 0.6) is 0 Å². The predicted molar refractivity (Wildman–Crippen MR) is 79.0 cm³/mol. The Morgan fingerprint density at radius 1 is 1.26 bits per heavy atom. The molecule has 3 heteroatoms. The van der Waals surface area contributed by atoms with Gasteiger partial charge < -0.3 is 10.4 Å². The molecule has 0 saturated heterocycles. The van der Waals surface area contributed by atoms with E-state index in [0.29, 0.717) is 0 Å². The molecule has 0 bridgehead atoms. The summed E-state index contributed by atoms with van der Waals surface area (Å²) in [5.74, 6) is 0. The van der Waals surface area contributed by atoms with E-state index in [9.17, 15) is 5.11 Å². The molecule has 3 nitrogen and oxygen atoms in total. The molecule has 0 radical (unpaired) electrons. The molecule has 1 aromatic carbocycles. The van der Waals surface area contributed by atoms with Crippen molar-refractivity contribution in [2.75, 3.05) is 19.7 Å². The average molecular weight is 262 g/mol. The van der Waals surface area contributed by atoms with E-state index in [2.05, 4.69) is 48.3 Å². The summed E-state index contributed by atoms with van der Waals surface area (Å²) in [6.07, 6.45) is 2.14. The Kier molecular flexibility index (Phi) is 4.97. The Hall–Kier alpha value is -0.900. The number of benzene rings is 1. The molecule has 0 aromatic heterocycles. The molecule has 106 valence electrons. The summed E-state index contributed by atoms with van der Waals surface area (Å²) >= 11 is 0. The van der Waals surface area contributed by atoms with Crippen LogP contribution in [0.1, 0.15) is 37.8 Å². The molecule has 2 rings (SSSR count). The molecule has 1 atom stereocenters. The van der Waals surface area contributed by atoms with Crippen LogP contribution in [0.15, 0.2) is 24.3 Å². The van der Waals surface area contributed by atoms with Crippen molar-refractivity contribution in [1.29, 1.82) is 0 Å². The van der Waals surface area contributed by atoms with Gasteiger partial charge in [-0.15, -0.1) is 0 Å². The van der Waals surface area contributed by atoms with Gasteiger partial charge in [0.15, 0.2) is 0 Å². The molecule has 0 amide bonds. The smallest absolute Gasteiger partial charge is 0.0610 e. The van der Waals surface area contributed by atoms with Gasteiger partial charge in [-0.2, -0.15) is 0 Å². The summed E-state index contributed by atoms with van der Waals surface area (Å²) in [7, 11) is 0. The van der Waals surface area contributed by atoms with Gasteiger partial charge >= 0.3 is 0 Å². The quantitative estimate of drug-likeness (QED) is 0.790. The molecular weight excluding hydrogens is 236 g/mol. The fourth-order valence-electron chi connectivity index (χ4n) is 2.90. The molecule has 0 aliphatic carbocycles. The zero-order valence-electron chi connectivity index (χ0n) is 12.2. The lowest BCUT2D eigenvalue weighted by Gasteiger charge is -2.29. The first kappa shape index (κ1) is 14.5. The summed E-state index contributed by atoms with van der Waals surface area (Å²) in [5, 5.41) is 12.9. The monoisotopic (exact) mass is 262 g/mol. The summed E-state index contributed by atoms with van der Waals surface area (Å²) in [6, 6.07) is 8.70. The third-order valence-electron chi connectivity index (χ3n) is 4.06. The van der Waals surface area contributed by atoms with Crippen LogP contribution in [0.25, 0.3) is 0 Å². The van der Waals surface area contributed by atoms with Crippen molar-refractivity contribution < 1.29 is 5.11 Å². The molecule has 1 unspecified atom stereocenters. The Morgan fingerprint density at radius 3 is 2.42 bits per heavy atom. The van der Waals surface area contributed by atoms with E-state index in [-0.39, 0.29) is 12.1 Å². The second kappa shape index (κ2) is 6.51. The van der Waals surface area contributed by atoms with Gasteiger partial charge in [0.05, 0.1) is 6.61 Å². The highest BCUT2D eigenvalue weighted by molar-refractivity contribution is 5.30. The Labute approximate surface area is 116 Å². The molecule has 2 N–H and O–H groups in total. The molecule has 1 aliphatic heterocycles. The summed E-state index contributed by atoms with van der Waals surface area (Å²) in [6.45, 7) is 8.57. The highest BCUT2D eigenvalue weighted by Crippen LogP contribution is 2.23. The fourth-order valence-corrected chi connectivity index (χ4v) is 2.90. The lowest BCUT2D eigenvalue weighted by molar-refractivity contribution is 0.158. The minimum Gasteiger partial charge on any atom is -0.394 e. The predicted octanol–water partition coefficient (Wildman–Crippen LogP) is 2.14. The first-order valence-electron chi connectivity index (χ1n) is 7.32. The molecule has 0 saturated carbocycles. The topological polar surface area (TPSA) is 35.5 Å². The van der Waals surface area contributed by atoms with Crippen molar-refractivity contribution in [3.05, 3.63) is 35.4 Å². The number of hydrogen-bond acceptors (Lipinski definition) is 3. The van der Waals surface area contributed by atoms with Crippen LogP contribution in [0.4, 0.5) is 0 Å². The van der Waals surface area contributed by atoms with E-state index in [1.54, 1.807) is 0 Å². The normalized spacial score (nSPS) is 18.3. The molecular formula is C16H26N2O. The number of nitrogens with zero attached hydrogens (tertiary/aromatic N) is 1. The highest BCUT2D eigenvalue weighted by Gasteiger charge is 2.23. The number of aliphatic hydroxyl groups excluding tert-OH is 1. The van der Waals surface area contributed by atoms with Crippen LogP contribution in [-0.4, -0.2) is 35.2 Å². The van der Waals surface area contributed by atoms with E-state index in [1.165, 1.54) is 11.1 Å². The van der Waals surface area contributed by atoms with Crippen molar-refractivity contribution in [2.45, 2.75) is 45.3 Å². The zero-order chi connectivity index (χ0) is 13.7. The first-order chi connectivity index (χ1) is 9.17. The van der Waals surface area contributed by atoms with Crippen molar-refractivity contribution in [3.63, 3.8) is 0 Å². The second-order valence-corrected chi connectivity index (χ2v) is 5.83. The molecule has 19 heavy (non-hydrogen) atoms. The molecule has 1 aromatic rings. The van der Waals surface area contributed by atoms with Gasteiger partial charge in [0.25, 0.3) is 0 Å². The minimum atomic E-state index is -0.124. The van der Waals surface area contributed by atoms with E-state index < -0.39 is 0 Å². The van der Waals surface area contributed by atoms with E-state index >= 15 is 0 Å². The second-order valence-electron chi connectivity index (χ2n) is 5.83. The standard InChI is InChI=1S/C16H26N2O/c1-3-17-16(2,13-19)9-6-10-18-11-14-7-4-5-8-15(14)12-18/h4-5,7-8,17,19H,3,6,9-13H2,1-2H3. The van der Waals surface area contributed by atoms with Gasteiger partial charge in [-0.3, -0.25) is 4.90 Å². The Bertz CT molecular complexity index is 382. The van der Waals surface area contributed by atoms with Crippen molar-refractivity contribution in [2.24, 2.45) is 0 Å². The van der Waals surface area contributed by atoms with E-state index in [1.807, 2.05) is 0 Å². The number of rotatable bonds is 7. The Balaban J connectivity index is 1.76. The number of hydrogen-bond donors (Lipinski definition) is 2. The number of fused-ring (bicyclic) bond motifs is 1. The molecule has 0 fully saturated rings. The maximum Gasteiger partial charge on any atom is 0.0610 e. The number of aliphatic hydroxyl groups is 1. The van der Waals surface area contributed by atoms with Crippen LogP contribution in [-0.2, 0) is 13.1 Å². The lowest BCUT2D eigenvalue weighted by Crippen LogP contribution is -2.45. The zero-order valence-corrected chi connectivity index (χ0v) is 12.2. The van der Waals surface area contributed by atoms with E-state index in [0.717, 1.165) is 39.0 Å². The highest BCUT2D eigenvalue weighted by atomic mass is 16.3. The van der Waals surface area contributed by atoms with Gasteiger partial charge in [0.2, 0.25) is 0 Å². The number of nitrogens with one attached hydrogen (secondary N) is 1. The summed E-state index contributed by atoms with van der Waals surface area (Å²) in [5.41, 5.74) is 2.82. The lowest BCUT2D eigenvalue weighted by atomic mass is 9.96. The molecule has 1 aliphatic rings. The molecule has 1 heterocycles. The van der Waals surface area contributed by atoms with Gasteiger partial charge in [-0.05, 0) is 44.0 Å². The van der Waals surface area contributed by atoms with Crippen molar-refractivity contribution in [3.8, 4) is 0 Å². The third kappa shape index (κ3) is 3.78. The van der Waals surface area contributed by atoms with Gasteiger partial charge in [-0.25, -0.2) is 0 Å². The maximum atomic E-state index is 9.47. The summed E-state index contributed by atoms with van der Waals surface area (Å²) < 4.78 is 0. The third-order valence-corrected chi connectivity index (χ3v) is 4.06. The van der Waals surface area contributed by atoms with Crippen LogP contribution < -0.4 is 5.32 Å². The minimum absolute atomic E-state index is 0.124. The van der Waals surface area contributed by atoms with Crippen LogP contribution in [0, 0.1) is 0 Å².